The van der Waals surface area contributed by atoms with E-state index in [-0.39, 0.29) is 5.41 Å². The predicted molar refractivity (Wildman–Crippen MR) is 236 cm³/mol. The van der Waals surface area contributed by atoms with Crippen LogP contribution in [0.25, 0.3) is 32.7 Å². The molecule has 54 heavy (non-hydrogen) atoms. The highest BCUT2D eigenvalue weighted by Gasteiger charge is 2.38. The van der Waals surface area contributed by atoms with Gasteiger partial charge in [0.1, 0.15) is 0 Å². The molecule has 0 saturated carbocycles. The van der Waals surface area contributed by atoms with Crippen molar-refractivity contribution in [2.75, 3.05) is 9.80 Å². The molecule has 0 unspecified atom stereocenters. The van der Waals surface area contributed by atoms with E-state index in [2.05, 4.69) is 220 Å². The summed E-state index contributed by atoms with van der Waals surface area (Å²) in [7, 11) is -1.46. The first-order valence-electron chi connectivity index (χ1n) is 19.1. The third-order valence-electron chi connectivity index (χ3n) is 11.4. The van der Waals surface area contributed by atoms with E-state index in [1.807, 2.05) is 0 Å². The van der Waals surface area contributed by atoms with E-state index in [4.69, 9.17) is 0 Å². The number of nitrogens with zero attached hydrogens (tertiary/aromatic N) is 2. The normalized spacial score (nSPS) is 13.1. The molecule has 0 heterocycles. The quantitative estimate of drug-likeness (QED) is 0.152. The Morgan fingerprint density at radius 1 is 0.444 bits per heavy atom. The van der Waals surface area contributed by atoms with Gasteiger partial charge in [0.15, 0.2) is 0 Å². The highest BCUT2D eigenvalue weighted by molar-refractivity contribution is 6.88. The zero-order valence-electron chi connectivity index (χ0n) is 32.1. The third-order valence-corrected chi connectivity index (χ3v) is 13.5. The van der Waals surface area contributed by atoms with Gasteiger partial charge in [0, 0.05) is 38.9 Å². The fourth-order valence-corrected chi connectivity index (χ4v) is 9.75. The van der Waals surface area contributed by atoms with Crippen molar-refractivity contribution in [2.24, 2.45) is 0 Å². The number of rotatable bonds is 7. The van der Waals surface area contributed by atoms with Crippen LogP contribution in [0, 0.1) is 6.92 Å². The summed E-state index contributed by atoms with van der Waals surface area (Å²) in [6, 6.07) is 63.1. The van der Waals surface area contributed by atoms with E-state index < -0.39 is 8.07 Å². The van der Waals surface area contributed by atoms with Crippen LogP contribution in [0.5, 0.6) is 0 Å². The van der Waals surface area contributed by atoms with Crippen molar-refractivity contribution in [2.45, 2.75) is 45.8 Å². The van der Waals surface area contributed by atoms with Gasteiger partial charge in [-0.05, 0) is 106 Å². The van der Waals surface area contributed by atoms with Gasteiger partial charge < -0.3 is 9.80 Å². The molecule has 9 rings (SSSR count). The van der Waals surface area contributed by atoms with E-state index in [0.29, 0.717) is 0 Å². The van der Waals surface area contributed by atoms with Crippen molar-refractivity contribution < 1.29 is 0 Å². The second-order valence-corrected chi connectivity index (χ2v) is 21.4. The molecule has 0 aromatic heterocycles. The Labute approximate surface area is 321 Å². The lowest BCUT2D eigenvalue weighted by Crippen LogP contribution is -2.37. The molecule has 0 atom stereocenters. The van der Waals surface area contributed by atoms with Crippen molar-refractivity contribution in [3.8, 4) is 11.1 Å². The Kier molecular flexibility index (Phi) is 8.10. The Balaban J connectivity index is 1.25. The molecule has 264 valence electrons. The Bertz CT molecular complexity index is 2680. The van der Waals surface area contributed by atoms with Crippen LogP contribution in [-0.2, 0) is 5.41 Å². The number of benzene rings is 8. The molecule has 8 aromatic carbocycles. The van der Waals surface area contributed by atoms with Crippen molar-refractivity contribution in [3.05, 3.63) is 187 Å². The maximum absolute atomic E-state index is 2.49. The van der Waals surface area contributed by atoms with Crippen molar-refractivity contribution >= 4 is 68.9 Å². The molecule has 2 nitrogen and oxygen atoms in total. The molecule has 0 amide bonds. The molecule has 0 radical (unpaired) electrons. The van der Waals surface area contributed by atoms with Crippen molar-refractivity contribution in [3.63, 3.8) is 0 Å². The smallest absolute Gasteiger partial charge is 0.0775 e. The SMILES string of the molecule is Cc1cccc(N(c2ccc3c(c2)C(C)(C)c2cc(N(c4ccccc4)c4ccc([Si](C)(C)C)cc4)c4ccccc4c2-3)c2cccc3ccccc23)c1. The molecule has 0 bridgehead atoms. The van der Waals surface area contributed by atoms with Gasteiger partial charge in [-0.3, -0.25) is 0 Å². The minimum atomic E-state index is -1.46. The van der Waals surface area contributed by atoms with Gasteiger partial charge in [-0.25, -0.2) is 0 Å². The summed E-state index contributed by atoms with van der Waals surface area (Å²) in [5, 5.41) is 6.47. The van der Waals surface area contributed by atoms with Crippen LogP contribution in [0.2, 0.25) is 19.6 Å². The Morgan fingerprint density at radius 2 is 1.02 bits per heavy atom. The monoisotopic (exact) mass is 714 g/mol. The second kappa shape index (κ2) is 12.9. The van der Waals surface area contributed by atoms with Gasteiger partial charge in [0.2, 0.25) is 0 Å². The van der Waals surface area contributed by atoms with E-state index in [0.717, 1.165) is 17.1 Å². The molecule has 3 heteroatoms. The van der Waals surface area contributed by atoms with Crippen LogP contribution in [0.4, 0.5) is 34.1 Å². The second-order valence-electron chi connectivity index (χ2n) is 16.4. The van der Waals surface area contributed by atoms with E-state index >= 15 is 0 Å². The zero-order chi connectivity index (χ0) is 37.2. The highest BCUT2D eigenvalue weighted by atomic mass is 28.3. The summed E-state index contributed by atoms with van der Waals surface area (Å²) in [5.74, 6) is 0. The van der Waals surface area contributed by atoms with Crippen LogP contribution in [0.3, 0.4) is 0 Å². The highest BCUT2D eigenvalue weighted by Crippen LogP contribution is 2.56. The summed E-state index contributed by atoms with van der Waals surface area (Å²) >= 11 is 0. The van der Waals surface area contributed by atoms with Gasteiger partial charge in [0.25, 0.3) is 0 Å². The lowest BCUT2D eigenvalue weighted by molar-refractivity contribution is 0.661. The summed E-state index contributed by atoms with van der Waals surface area (Å²) in [5.41, 5.74) is 13.4. The van der Waals surface area contributed by atoms with Crippen LogP contribution < -0.4 is 15.0 Å². The third kappa shape index (κ3) is 5.63. The van der Waals surface area contributed by atoms with Gasteiger partial charge in [-0.1, -0.05) is 148 Å². The topological polar surface area (TPSA) is 6.48 Å². The molecular weight excluding hydrogens is 669 g/mol. The average molecular weight is 715 g/mol. The number of para-hydroxylation sites is 1. The maximum atomic E-state index is 2.49. The minimum absolute atomic E-state index is 0.249. The largest absolute Gasteiger partial charge is 0.310 e. The number of aryl methyl sites for hydroxylation is 1. The van der Waals surface area contributed by atoms with E-state index in [1.54, 1.807) is 0 Å². The molecule has 0 fully saturated rings. The Morgan fingerprint density at radius 3 is 1.76 bits per heavy atom. The summed E-state index contributed by atoms with van der Waals surface area (Å²) in [4.78, 5) is 4.90. The fraction of sp³-hybridized carbons (Fsp3) is 0.137. The van der Waals surface area contributed by atoms with E-state index in [1.165, 1.54) is 71.6 Å². The maximum Gasteiger partial charge on any atom is 0.0775 e. The average Bonchev–Trinajstić information content (AvgIpc) is 3.41. The lowest BCUT2D eigenvalue weighted by atomic mass is 9.81. The minimum Gasteiger partial charge on any atom is -0.310 e. The van der Waals surface area contributed by atoms with Crippen LogP contribution >= 0.6 is 0 Å². The standard InChI is InChI=1S/C51H46N2Si/c1-35-16-14-21-39(32-35)53(48-25-15-18-36-17-10-11-22-42(36)48)40-28-31-45-46(33-40)51(2,3)47-34-49(43-23-12-13-24-44(43)50(45)47)52(37-19-8-7-9-20-37)38-26-29-41(30-27-38)54(4,5)6/h7-34H,1-6H3. The molecule has 0 aliphatic heterocycles. The molecular formula is C51H46N2Si. The molecule has 0 saturated heterocycles. The molecule has 1 aliphatic carbocycles. The van der Waals surface area contributed by atoms with Gasteiger partial charge in [0.05, 0.1) is 19.4 Å². The van der Waals surface area contributed by atoms with Crippen molar-refractivity contribution in [1.29, 1.82) is 0 Å². The van der Waals surface area contributed by atoms with Crippen LogP contribution in [-0.4, -0.2) is 8.07 Å². The summed E-state index contributed by atoms with van der Waals surface area (Å²) < 4.78 is 0. The van der Waals surface area contributed by atoms with Gasteiger partial charge in [-0.15, -0.1) is 0 Å². The van der Waals surface area contributed by atoms with Gasteiger partial charge in [-0.2, -0.15) is 0 Å². The number of hydrogen-bond donors (Lipinski definition) is 0. The van der Waals surface area contributed by atoms with Crippen molar-refractivity contribution in [1.82, 2.24) is 0 Å². The van der Waals surface area contributed by atoms with E-state index in [9.17, 15) is 0 Å². The summed E-state index contributed by atoms with van der Waals surface area (Å²) in [6.07, 6.45) is 0. The molecule has 0 spiro atoms. The first kappa shape index (κ1) is 33.9. The number of anilines is 6. The Hall–Kier alpha value is -5.90. The summed E-state index contributed by atoms with van der Waals surface area (Å²) in [6.45, 7) is 14.2. The fourth-order valence-electron chi connectivity index (χ4n) is 8.59. The first-order valence-corrected chi connectivity index (χ1v) is 22.6. The number of hydrogen-bond acceptors (Lipinski definition) is 2. The lowest BCUT2D eigenvalue weighted by Gasteiger charge is -2.30. The molecule has 1 aliphatic rings. The van der Waals surface area contributed by atoms with Crippen LogP contribution in [0.1, 0.15) is 30.5 Å². The van der Waals surface area contributed by atoms with Crippen LogP contribution in [0.15, 0.2) is 170 Å². The van der Waals surface area contributed by atoms with Gasteiger partial charge >= 0.3 is 0 Å². The molecule has 8 aromatic rings. The molecule has 0 N–H and O–H groups in total. The number of fused-ring (bicyclic) bond motifs is 6. The predicted octanol–water partition coefficient (Wildman–Crippen LogP) is 14.1. The zero-order valence-corrected chi connectivity index (χ0v) is 33.1. The first-order chi connectivity index (χ1) is 26.1.